The van der Waals surface area contributed by atoms with Gasteiger partial charge in [-0.2, -0.15) is 0 Å². The summed E-state index contributed by atoms with van der Waals surface area (Å²) in [6.07, 6.45) is 2.82. The first-order valence-electron chi connectivity index (χ1n) is 9.09. The van der Waals surface area contributed by atoms with Crippen LogP contribution >= 0.6 is 23.2 Å². The van der Waals surface area contributed by atoms with E-state index in [4.69, 9.17) is 27.9 Å². The quantitative estimate of drug-likeness (QED) is 0.511. The third-order valence-electron chi connectivity index (χ3n) is 5.01. The van der Waals surface area contributed by atoms with Crippen molar-refractivity contribution in [3.63, 3.8) is 0 Å². The van der Waals surface area contributed by atoms with Gasteiger partial charge in [0.15, 0.2) is 0 Å². The second-order valence-electron chi connectivity index (χ2n) is 6.87. The maximum Gasteiger partial charge on any atom is 0.335 e. The summed E-state index contributed by atoms with van der Waals surface area (Å²) in [7, 11) is 0. The first kappa shape index (κ1) is 18.9. The summed E-state index contributed by atoms with van der Waals surface area (Å²) in [4.78, 5) is 11.3. The molecule has 142 valence electrons. The SMILES string of the molecule is O=C(O)c1cccc(-c2ccc3c(c2)C(Oc2ccc(Cl)cc2Cl)CCC3)c1. The van der Waals surface area contributed by atoms with Gasteiger partial charge in [-0.05, 0) is 77.9 Å². The van der Waals surface area contributed by atoms with E-state index in [1.54, 1.807) is 36.4 Å². The monoisotopic (exact) mass is 412 g/mol. The maximum absolute atomic E-state index is 11.3. The normalized spacial score (nSPS) is 15.7. The lowest BCUT2D eigenvalue weighted by molar-refractivity contribution is 0.0697. The van der Waals surface area contributed by atoms with Crippen molar-refractivity contribution >= 4 is 29.2 Å². The third kappa shape index (κ3) is 3.87. The summed E-state index contributed by atoms with van der Waals surface area (Å²) >= 11 is 12.3. The molecule has 0 aliphatic heterocycles. The topological polar surface area (TPSA) is 46.5 Å². The Morgan fingerprint density at radius 3 is 2.61 bits per heavy atom. The van der Waals surface area contributed by atoms with E-state index in [9.17, 15) is 9.90 Å². The number of carbonyl (C=O) groups is 1. The number of aromatic carboxylic acids is 1. The van der Waals surface area contributed by atoms with Crippen LogP contribution in [0.2, 0.25) is 10.0 Å². The van der Waals surface area contributed by atoms with E-state index in [0.717, 1.165) is 36.0 Å². The molecule has 3 aromatic rings. The van der Waals surface area contributed by atoms with Gasteiger partial charge in [-0.3, -0.25) is 0 Å². The van der Waals surface area contributed by atoms with Crippen LogP contribution in [0.15, 0.2) is 60.7 Å². The second-order valence-corrected chi connectivity index (χ2v) is 7.72. The molecule has 1 aliphatic rings. The highest BCUT2D eigenvalue weighted by atomic mass is 35.5. The van der Waals surface area contributed by atoms with Crippen LogP contribution in [0.5, 0.6) is 5.75 Å². The molecule has 0 fully saturated rings. The Bertz CT molecular complexity index is 1050. The van der Waals surface area contributed by atoms with Crippen LogP contribution in [0.25, 0.3) is 11.1 Å². The summed E-state index contributed by atoms with van der Waals surface area (Å²) in [5.74, 6) is -0.319. The average Bonchev–Trinajstić information content (AvgIpc) is 2.70. The Morgan fingerprint density at radius 1 is 1.00 bits per heavy atom. The summed E-state index contributed by atoms with van der Waals surface area (Å²) in [5, 5.41) is 10.3. The number of benzene rings is 3. The van der Waals surface area contributed by atoms with Gasteiger partial charge in [-0.1, -0.05) is 47.5 Å². The van der Waals surface area contributed by atoms with E-state index in [-0.39, 0.29) is 11.7 Å². The Kier molecular flexibility index (Phi) is 5.29. The molecule has 3 nitrogen and oxygen atoms in total. The van der Waals surface area contributed by atoms with Gasteiger partial charge in [-0.15, -0.1) is 0 Å². The van der Waals surface area contributed by atoms with Crippen LogP contribution in [0.3, 0.4) is 0 Å². The Balaban J connectivity index is 1.69. The van der Waals surface area contributed by atoms with Crippen molar-refractivity contribution in [2.24, 2.45) is 0 Å². The highest BCUT2D eigenvalue weighted by Gasteiger charge is 2.23. The number of carboxylic acid groups (broad SMARTS) is 1. The molecule has 1 N–H and O–H groups in total. The number of fused-ring (bicyclic) bond motifs is 1. The zero-order valence-electron chi connectivity index (χ0n) is 15.0. The molecule has 1 aliphatic carbocycles. The smallest absolute Gasteiger partial charge is 0.335 e. The van der Waals surface area contributed by atoms with Crippen molar-refractivity contribution in [1.29, 1.82) is 0 Å². The number of carboxylic acids is 1. The molecule has 0 radical (unpaired) electrons. The number of hydrogen-bond acceptors (Lipinski definition) is 2. The highest BCUT2D eigenvalue weighted by Crippen LogP contribution is 2.38. The molecule has 4 rings (SSSR count). The van der Waals surface area contributed by atoms with Gasteiger partial charge in [0.05, 0.1) is 10.6 Å². The zero-order chi connectivity index (χ0) is 19.7. The summed E-state index contributed by atoms with van der Waals surface area (Å²) in [6.45, 7) is 0. The van der Waals surface area contributed by atoms with Crippen LogP contribution in [0.1, 0.15) is 40.4 Å². The van der Waals surface area contributed by atoms with Crippen LogP contribution < -0.4 is 4.74 Å². The molecule has 1 atom stereocenters. The lowest BCUT2D eigenvalue weighted by atomic mass is 9.87. The van der Waals surface area contributed by atoms with Crippen molar-refractivity contribution in [2.75, 3.05) is 0 Å². The minimum atomic E-state index is -0.932. The van der Waals surface area contributed by atoms with E-state index < -0.39 is 5.97 Å². The van der Waals surface area contributed by atoms with Crippen LogP contribution in [0, 0.1) is 0 Å². The highest BCUT2D eigenvalue weighted by molar-refractivity contribution is 6.35. The second kappa shape index (κ2) is 7.86. The fourth-order valence-corrected chi connectivity index (χ4v) is 4.07. The van der Waals surface area contributed by atoms with Crippen molar-refractivity contribution in [1.82, 2.24) is 0 Å². The molecule has 0 aromatic heterocycles. The fraction of sp³-hybridized carbons (Fsp3) is 0.174. The summed E-state index contributed by atoms with van der Waals surface area (Å²) in [5.41, 5.74) is 4.49. The third-order valence-corrected chi connectivity index (χ3v) is 5.54. The Labute approximate surface area is 173 Å². The predicted molar refractivity (Wildman–Crippen MR) is 112 cm³/mol. The number of ether oxygens (including phenoxy) is 1. The fourth-order valence-electron chi connectivity index (χ4n) is 3.61. The van der Waals surface area contributed by atoms with Crippen molar-refractivity contribution < 1.29 is 14.6 Å². The molecular formula is C23H18Cl2O3. The van der Waals surface area contributed by atoms with Crippen LogP contribution in [-0.2, 0) is 6.42 Å². The van der Waals surface area contributed by atoms with Gasteiger partial charge in [0.25, 0.3) is 0 Å². The first-order chi connectivity index (χ1) is 13.5. The maximum atomic E-state index is 11.3. The molecule has 5 heteroatoms. The van der Waals surface area contributed by atoms with E-state index in [2.05, 4.69) is 12.1 Å². The lowest BCUT2D eigenvalue weighted by Gasteiger charge is -2.27. The van der Waals surface area contributed by atoms with Gasteiger partial charge in [0, 0.05) is 5.02 Å². The van der Waals surface area contributed by atoms with Gasteiger partial charge in [0.1, 0.15) is 11.9 Å². The summed E-state index contributed by atoms with van der Waals surface area (Å²) in [6, 6.07) is 18.5. The van der Waals surface area contributed by atoms with E-state index in [1.807, 2.05) is 12.1 Å². The van der Waals surface area contributed by atoms with Crippen molar-refractivity contribution in [3.05, 3.63) is 87.4 Å². The molecule has 0 saturated carbocycles. The van der Waals surface area contributed by atoms with Gasteiger partial charge in [0.2, 0.25) is 0 Å². The van der Waals surface area contributed by atoms with Crippen LogP contribution in [0.4, 0.5) is 0 Å². The van der Waals surface area contributed by atoms with Crippen LogP contribution in [-0.4, -0.2) is 11.1 Å². The molecule has 0 heterocycles. The zero-order valence-corrected chi connectivity index (χ0v) is 16.5. The predicted octanol–water partition coefficient (Wildman–Crippen LogP) is 6.82. The molecule has 3 aromatic carbocycles. The van der Waals surface area contributed by atoms with E-state index in [0.29, 0.717) is 15.8 Å². The molecule has 28 heavy (non-hydrogen) atoms. The molecule has 1 unspecified atom stereocenters. The summed E-state index contributed by atoms with van der Waals surface area (Å²) < 4.78 is 6.24. The molecule has 0 bridgehead atoms. The molecule has 0 amide bonds. The number of hydrogen-bond donors (Lipinski definition) is 1. The molecule has 0 spiro atoms. The number of halogens is 2. The lowest BCUT2D eigenvalue weighted by Crippen LogP contribution is -2.15. The van der Waals surface area contributed by atoms with Crippen molar-refractivity contribution in [2.45, 2.75) is 25.4 Å². The molecule has 0 saturated heterocycles. The number of rotatable bonds is 4. The first-order valence-corrected chi connectivity index (χ1v) is 9.85. The van der Waals surface area contributed by atoms with Gasteiger partial charge >= 0.3 is 5.97 Å². The average molecular weight is 413 g/mol. The standard InChI is InChI=1S/C23H18Cl2O3/c24-18-9-10-22(20(25)13-18)28-21-6-2-3-14-7-8-16(12-19(14)21)15-4-1-5-17(11-15)23(26)27/h1,4-5,7-13,21H,2-3,6H2,(H,26,27). The van der Waals surface area contributed by atoms with Crippen molar-refractivity contribution in [3.8, 4) is 16.9 Å². The van der Waals surface area contributed by atoms with Gasteiger partial charge < -0.3 is 9.84 Å². The molecular weight excluding hydrogens is 395 g/mol. The Morgan fingerprint density at radius 2 is 1.82 bits per heavy atom. The largest absolute Gasteiger partial charge is 0.484 e. The van der Waals surface area contributed by atoms with Gasteiger partial charge in [-0.25, -0.2) is 4.79 Å². The number of aryl methyl sites for hydroxylation is 1. The minimum absolute atomic E-state index is 0.106. The van der Waals surface area contributed by atoms with E-state index in [1.165, 1.54) is 5.56 Å². The van der Waals surface area contributed by atoms with E-state index >= 15 is 0 Å². The Hall–Kier alpha value is -2.49. The minimum Gasteiger partial charge on any atom is -0.484 e.